The van der Waals surface area contributed by atoms with Crippen LogP contribution >= 0.6 is 11.3 Å². The fraction of sp³-hybridized carbons (Fsp3) is 0.583. The SMILES string of the molecule is O=C(O)C1C2CCCC2CN1C(=O)Nc1nccs1. The third-order valence-electron chi connectivity index (χ3n) is 4.05. The second-order valence-corrected chi connectivity index (χ2v) is 5.95. The van der Waals surface area contributed by atoms with Crippen molar-refractivity contribution in [1.82, 2.24) is 9.88 Å². The van der Waals surface area contributed by atoms with Gasteiger partial charge in [-0.1, -0.05) is 6.42 Å². The molecule has 2 aliphatic rings. The first-order valence-electron chi connectivity index (χ1n) is 6.36. The lowest BCUT2D eigenvalue weighted by atomic mass is 9.94. The fourth-order valence-corrected chi connectivity index (χ4v) is 3.80. The number of thiazole rings is 1. The summed E-state index contributed by atoms with van der Waals surface area (Å²) in [4.78, 5) is 29.0. The highest BCUT2D eigenvalue weighted by molar-refractivity contribution is 7.13. The number of hydrogen-bond donors (Lipinski definition) is 2. The molecule has 1 aromatic rings. The van der Waals surface area contributed by atoms with Crippen LogP contribution in [0, 0.1) is 11.8 Å². The molecule has 2 N–H and O–H groups in total. The van der Waals surface area contributed by atoms with Crippen LogP contribution < -0.4 is 5.32 Å². The third-order valence-corrected chi connectivity index (χ3v) is 4.74. The number of carboxylic acid groups (broad SMARTS) is 1. The van der Waals surface area contributed by atoms with Crippen LogP contribution in [0.1, 0.15) is 19.3 Å². The number of fused-ring (bicyclic) bond motifs is 1. The van der Waals surface area contributed by atoms with E-state index in [1.165, 1.54) is 16.2 Å². The van der Waals surface area contributed by atoms with E-state index in [4.69, 9.17) is 0 Å². The highest BCUT2D eigenvalue weighted by atomic mass is 32.1. The van der Waals surface area contributed by atoms with E-state index in [0.29, 0.717) is 17.6 Å². The molecular formula is C12H15N3O3S. The molecule has 0 radical (unpaired) electrons. The van der Waals surface area contributed by atoms with Crippen molar-refractivity contribution in [3.05, 3.63) is 11.6 Å². The zero-order valence-electron chi connectivity index (χ0n) is 10.3. The van der Waals surface area contributed by atoms with Crippen LogP contribution in [0.3, 0.4) is 0 Å². The molecular weight excluding hydrogens is 266 g/mol. The molecule has 3 atom stereocenters. The number of nitrogens with zero attached hydrogens (tertiary/aromatic N) is 2. The number of likely N-dealkylation sites (tertiary alicyclic amines) is 1. The summed E-state index contributed by atoms with van der Waals surface area (Å²) in [5, 5.41) is 14.3. The quantitative estimate of drug-likeness (QED) is 0.866. The first kappa shape index (κ1) is 12.4. The van der Waals surface area contributed by atoms with Gasteiger partial charge in [-0.2, -0.15) is 0 Å². The Kier molecular flexibility index (Phi) is 3.14. The number of carboxylic acids is 1. The van der Waals surface area contributed by atoms with Gasteiger partial charge in [-0.05, 0) is 24.7 Å². The van der Waals surface area contributed by atoms with Gasteiger partial charge >= 0.3 is 12.0 Å². The molecule has 0 aromatic carbocycles. The van der Waals surface area contributed by atoms with Gasteiger partial charge in [-0.15, -0.1) is 11.3 Å². The monoisotopic (exact) mass is 281 g/mol. The zero-order chi connectivity index (χ0) is 13.4. The second-order valence-electron chi connectivity index (χ2n) is 5.06. The van der Waals surface area contributed by atoms with Gasteiger partial charge in [0.05, 0.1) is 0 Å². The Bertz CT molecular complexity index is 490. The van der Waals surface area contributed by atoms with Gasteiger partial charge in [0.1, 0.15) is 6.04 Å². The molecule has 2 amide bonds. The minimum absolute atomic E-state index is 0.111. The minimum atomic E-state index is -0.899. The molecule has 2 fully saturated rings. The van der Waals surface area contributed by atoms with E-state index in [9.17, 15) is 14.7 Å². The highest BCUT2D eigenvalue weighted by Gasteiger charge is 2.49. The lowest BCUT2D eigenvalue weighted by molar-refractivity contribution is -0.142. The first-order valence-corrected chi connectivity index (χ1v) is 7.24. The number of amides is 2. The second kappa shape index (κ2) is 4.80. The predicted octanol–water partition coefficient (Wildman–Crippen LogP) is 1.86. The van der Waals surface area contributed by atoms with Crippen LogP contribution in [0.15, 0.2) is 11.6 Å². The van der Waals surface area contributed by atoms with E-state index >= 15 is 0 Å². The van der Waals surface area contributed by atoms with Crippen LogP contribution in [-0.4, -0.2) is 39.6 Å². The Morgan fingerprint density at radius 1 is 1.47 bits per heavy atom. The molecule has 1 aliphatic heterocycles. The maximum atomic E-state index is 12.2. The van der Waals surface area contributed by atoms with Crippen molar-refractivity contribution in [3.8, 4) is 0 Å². The maximum Gasteiger partial charge on any atom is 0.326 e. The number of carbonyl (C=O) groups excluding carboxylic acids is 1. The van der Waals surface area contributed by atoms with E-state index in [1.807, 2.05) is 0 Å². The van der Waals surface area contributed by atoms with Crippen LogP contribution in [0.5, 0.6) is 0 Å². The standard InChI is InChI=1S/C12H15N3O3S/c16-10(17)9-8-3-1-2-7(8)6-15(9)12(18)14-11-13-4-5-19-11/h4-5,7-9H,1-3,6H2,(H,16,17)(H,13,14,18). The number of aliphatic carboxylic acids is 1. The number of hydrogen-bond acceptors (Lipinski definition) is 4. The molecule has 7 heteroatoms. The van der Waals surface area contributed by atoms with E-state index in [-0.39, 0.29) is 11.9 Å². The van der Waals surface area contributed by atoms with Gasteiger partial charge in [-0.25, -0.2) is 14.6 Å². The van der Waals surface area contributed by atoms with Crippen molar-refractivity contribution >= 4 is 28.5 Å². The van der Waals surface area contributed by atoms with Crippen molar-refractivity contribution in [2.24, 2.45) is 11.8 Å². The number of rotatable bonds is 2. The molecule has 1 aliphatic carbocycles. The van der Waals surface area contributed by atoms with Crippen LogP contribution in [0.2, 0.25) is 0 Å². The average Bonchev–Trinajstić information content (AvgIpc) is 3.02. The number of urea groups is 1. The Balaban J connectivity index is 1.76. The predicted molar refractivity (Wildman–Crippen MR) is 70.1 cm³/mol. The number of nitrogens with one attached hydrogen (secondary N) is 1. The Hall–Kier alpha value is -1.63. The summed E-state index contributed by atoms with van der Waals surface area (Å²) in [6.07, 6.45) is 4.60. The smallest absolute Gasteiger partial charge is 0.326 e. The lowest BCUT2D eigenvalue weighted by Crippen LogP contribution is -2.45. The third kappa shape index (κ3) is 2.18. The highest BCUT2D eigenvalue weighted by Crippen LogP contribution is 2.42. The van der Waals surface area contributed by atoms with Crippen LogP contribution in [-0.2, 0) is 4.79 Å². The van der Waals surface area contributed by atoms with E-state index in [0.717, 1.165) is 19.3 Å². The lowest BCUT2D eigenvalue weighted by Gasteiger charge is -2.24. The number of carbonyl (C=O) groups is 2. The Morgan fingerprint density at radius 3 is 3.00 bits per heavy atom. The molecule has 1 aromatic heterocycles. The molecule has 19 heavy (non-hydrogen) atoms. The van der Waals surface area contributed by atoms with Crippen molar-refractivity contribution in [3.63, 3.8) is 0 Å². The Labute approximate surface area is 114 Å². The summed E-state index contributed by atoms with van der Waals surface area (Å²) in [5.41, 5.74) is 0. The summed E-state index contributed by atoms with van der Waals surface area (Å²) in [5.74, 6) is -0.452. The molecule has 0 spiro atoms. The Morgan fingerprint density at radius 2 is 2.32 bits per heavy atom. The van der Waals surface area contributed by atoms with Gasteiger partial charge in [-0.3, -0.25) is 5.32 Å². The summed E-state index contributed by atoms with van der Waals surface area (Å²) < 4.78 is 0. The summed E-state index contributed by atoms with van der Waals surface area (Å²) >= 11 is 1.32. The largest absolute Gasteiger partial charge is 0.480 e. The van der Waals surface area contributed by atoms with E-state index < -0.39 is 12.0 Å². The van der Waals surface area contributed by atoms with Gasteiger partial charge in [0.2, 0.25) is 0 Å². The first-order chi connectivity index (χ1) is 9.16. The summed E-state index contributed by atoms with van der Waals surface area (Å²) in [6.45, 7) is 0.541. The van der Waals surface area contributed by atoms with E-state index in [2.05, 4.69) is 10.3 Å². The topological polar surface area (TPSA) is 82.5 Å². The number of anilines is 1. The normalized spacial score (nSPS) is 29.3. The van der Waals surface area contributed by atoms with Gasteiger partial charge in [0.25, 0.3) is 0 Å². The summed E-state index contributed by atoms with van der Waals surface area (Å²) in [7, 11) is 0. The number of aromatic nitrogens is 1. The molecule has 1 saturated heterocycles. The molecule has 3 unspecified atom stereocenters. The van der Waals surface area contributed by atoms with Crippen molar-refractivity contribution in [1.29, 1.82) is 0 Å². The molecule has 0 bridgehead atoms. The molecule has 102 valence electrons. The van der Waals surface area contributed by atoms with E-state index in [1.54, 1.807) is 11.6 Å². The average molecular weight is 281 g/mol. The zero-order valence-corrected chi connectivity index (χ0v) is 11.1. The van der Waals surface area contributed by atoms with Crippen molar-refractivity contribution in [2.45, 2.75) is 25.3 Å². The van der Waals surface area contributed by atoms with Crippen LogP contribution in [0.4, 0.5) is 9.93 Å². The molecule has 6 nitrogen and oxygen atoms in total. The summed E-state index contributed by atoms with van der Waals surface area (Å²) in [6, 6.07) is -1.04. The van der Waals surface area contributed by atoms with Crippen molar-refractivity contribution in [2.75, 3.05) is 11.9 Å². The van der Waals surface area contributed by atoms with Gasteiger partial charge in [0.15, 0.2) is 5.13 Å². The molecule has 3 rings (SSSR count). The maximum absolute atomic E-state index is 12.2. The molecule has 2 heterocycles. The minimum Gasteiger partial charge on any atom is -0.480 e. The van der Waals surface area contributed by atoms with Crippen molar-refractivity contribution < 1.29 is 14.7 Å². The van der Waals surface area contributed by atoms with Gasteiger partial charge in [0, 0.05) is 18.1 Å². The van der Waals surface area contributed by atoms with Gasteiger partial charge < -0.3 is 10.0 Å². The fourth-order valence-electron chi connectivity index (χ4n) is 3.28. The van der Waals surface area contributed by atoms with Crippen LogP contribution in [0.25, 0.3) is 0 Å². The molecule has 1 saturated carbocycles.